The summed E-state index contributed by atoms with van der Waals surface area (Å²) in [6.07, 6.45) is 0.996. The molecule has 0 saturated carbocycles. The highest BCUT2D eigenvalue weighted by Crippen LogP contribution is 2.22. The van der Waals surface area contributed by atoms with Crippen LogP contribution in [0.5, 0.6) is 0 Å². The Morgan fingerprint density at radius 1 is 1.41 bits per heavy atom. The van der Waals surface area contributed by atoms with Gasteiger partial charge in [-0.25, -0.2) is 0 Å². The molecular formula is C11H20N4O2. The van der Waals surface area contributed by atoms with Crippen molar-refractivity contribution in [3.05, 3.63) is 5.89 Å². The maximum Gasteiger partial charge on any atom is 0.266 e. The predicted octanol–water partition coefficient (Wildman–Crippen LogP) is 0.952. The molecule has 0 radical (unpaired) electrons. The molecule has 17 heavy (non-hydrogen) atoms. The quantitative estimate of drug-likeness (QED) is 0.844. The molecule has 0 unspecified atom stereocenters. The fourth-order valence-corrected chi connectivity index (χ4v) is 1.75. The van der Waals surface area contributed by atoms with Gasteiger partial charge in [0.1, 0.15) is 0 Å². The molecule has 0 spiro atoms. The summed E-state index contributed by atoms with van der Waals surface area (Å²) in [5, 5.41) is 3.98. The molecule has 1 fully saturated rings. The van der Waals surface area contributed by atoms with E-state index in [1.165, 1.54) is 0 Å². The van der Waals surface area contributed by atoms with Crippen LogP contribution in [-0.2, 0) is 4.74 Å². The van der Waals surface area contributed by atoms with Crippen molar-refractivity contribution in [2.45, 2.75) is 26.3 Å². The molecule has 96 valence electrons. The Kier molecular flexibility index (Phi) is 3.96. The average Bonchev–Trinajstić information content (AvgIpc) is 2.87. The predicted molar refractivity (Wildman–Crippen MR) is 63.7 cm³/mol. The van der Waals surface area contributed by atoms with Crippen LogP contribution in [0.2, 0.25) is 0 Å². The Morgan fingerprint density at radius 3 is 2.76 bits per heavy atom. The van der Waals surface area contributed by atoms with E-state index in [4.69, 9.17) is 15.0 Å². The van der Waals surface area contributed by atoms with Gasteiger partial charge in [0.15, 0.2) is 0 Å². The Hall–Kier alpha value is -1.14. The lowest BCUT2D eigenvalue weighted by Gasteiger charge is -2.24. The van der Waals surface area contributed by atoms with Crippen LogP contribution < -0.4 is 10.6 Å². The summed E-state index contributed by atoms with van der Waals surface area (Å²) in [6, 6.07) is -0.178. The van der Waals surface area contributed by atoms with E-state index in [1.54, 1.807) is 0 Å². The molecule has 1 aliphatic heterocycles. The summed E-state index contributed by atoms with van der Waals surface area (Å²) < 4.78 is 10.5. The van der Waals surface area contributed by atoms with Gasteiger partial charge in [-0.2, -0.15) is 4.98 Å². The van der Waals surface area contributed by atoms with Crippen LogP contribution in [0.25, 0.3) is 0 Å². The summed E-state index contributed by atoms with van der Waals surface area (Å²) in [5.41, 5.74) is 6.05. The van der Waals surface area contributed by atoms with Gasteiger partial charge in [0.05, 0.1) is 19.3 Å². The van der Waals surface area contributed by atoms with Crippen molar-refractivity contribution in [1.29, 1.82) is 0 Å². The maximum atomic E-state index is 6.05. The summed E-state index contributed by atoms with van der Waals surface area (Å²) >= 11 is 0. The molecule has 2 N–H and O–H groups in total. The topological polar surface area (TPSA) is 77.4 Å². The summed E-state index contributed by atoms with van der Waals surface area (Å²) in [6.45, 7) is 7.21. The number of hydrogen-bond donors (Lipinski definition) is 1. The molecule has 0 amide bonds. The number of nitrogens with zero attached hydrogens (tertiary/aromatic N) is 3. The van der Waals surface area contributed by atoms with Gasteiger partial charge < -0.3 is 19.9 Å². The van der Waals surface area contributed by atoms with Crippen LogP contribution in [0.4, 0.5) is 5.95 Å². The molecule has 0 aromatic carbocycles. The molecule has 0 aliphatic carbocycles. The third kappa shape index (κ3) is 2.76. The van der Waals surface area contributed by atoms with Gasteiger partial charge in [-0.05, 0) is 11.1 Å². The lowest BCUT2D eigenvalue weighted by molar-refractivity contribution is 0.121. The number of hydrogen-bond acceptors (Lipinski definition) is 6. The minimum atomic E-state index is -0.178. The number of morpholine rings is 1. The van der Waals surface area contributed by atoms with Crippen molar-refractivity contribution in [2.24, 2.45) is 11.7 Å². The van der Waals surface area contributed by atoms with Gasteiger partial charge >= 0.3 is 0 Å². The molecule has 2 rings (SSSR count). The Morgan fingerprint density at radius 2 is 2.12 bits per heavy atom. The summed E-state index contributed by atoms with van der Waals surface area (Å²) in [5.74, 6) is 1.50. The van der Waals surface area contributed by atoms with Crippen molar-refractivity contribution < 1.29 is 9.26 Å². The standard InChI is InChI=1S/C11H20N4O2/c1-3-8(2)9(12)10-13-11(14-17-10)15-4-6-16-7-5-15/h8-9H,3-7,12H2,1-2H3/t8-,9-/m0/s1. The fourth-order valence-electron chi connectivity index (χ4n) is 1.75. The van der Waals surface area contributed by atoms with Crippen molar-refractivity contribution in [2.75, 3.05) is 31.2 Å². The number of nitrogens with two attached hydrogens (primary N) is 1. The van der Waals surface area contributed by atoms with Gasteiger partial charge in [0.2, 0.25) is 5.89 Å². The van der Waals surface area contributed by atoms with E-state index in [0.717, 1.165) is 19.5 Å². The Bertz CT molecular complexity index is 332. The lowest BCUT2D eigenvalue weighted by Crippen LogP contribution is -2.36. The number of ether oxygens (including phenoxy) is 1. The zero-order valence-electron chi connectivity index (χ0n) is 10.4. The van der Waals surface area contributed by atoms with Crippen molar-refractivity contribution in [1.82, 2.24) is 10.1 Å². The molecule has 2 heterocycles. The largest absolute Gasteiger partial charge is 0.378 e. The van der Waals surface area contributed by atoms with Gasteiger partial charge in [-0.3, -0.25) is 0 Å². The minimum Gasteiger partial charge on any atom is -0.378 e. The Balaban J connectivity index is 2.04. The van der Waals surface area contributed by atoms with Crippen molar-refractivity contribution >= 4 is 5.95 Å². The van der Waals surface area contributed by atoms with Gasteiger partial charge in [-0.15, -0.1) is 0 Å². The molecule has 1 aromatic heterocycles. The lowest BCUT2D eigenvalue weighted by atomic mass is 10.0. The van der Waals surface area contributed by atoms with Crippen LogP contribution >= 0.6 is 0 Å². The maximum absolute atomic E-state index is 6.05. The molecule has 6 nitrogen and oxygen atoms in total. The smallest absolute Gasteiger partial charge is 0.266 e. The van der Waals surface area contributed by atoms with Gasteiger partial charge in [0.25, 0.3) is 5.95 Å². The van der Waals surface area contributed by atoms with Crippen LogP contribution in [-0.4, -0.2) is 36.4 Å². The molecule has 1 saturated heterocycles. The van der Waals surface area contributed by atoms with E-state index < -0.39 is 0 Å². The second-order valence-corrected chi connectivity index (χ2v) is 4.44. The van der Waals surface area contributed by atoms with E-state index in [9.17, 15) is 0 Å². The zero-order valence-corrected chi connectivity index (χ0v) is 10.4. The second kappa shape index (κ2) is 5.46. The molecule has 1 aliphatic rings. The molecule has 1 aromatic rings. The van der Waals surface area contributed by atoms with Crippen LogP contribution in [0, 0.1) is 5.92 Å². The normalized spacial score (nSPS) is 20.3. The second-order valence-electron chi connectivity index (χ2n) is 4.44. The number of aromatic nitrogens is 2. The highest BCUT2D eigenvalue weighted by atomic mass is 16.5. The van der Waals surface area contributed by atoms with E-state index in [-0.39, 0.29) is 6.04 Å². The van der Waals surface area contributed by atoms with E-state index in [1.807, 2.05) is 0 Å². The SMILES string of the molecule is CC[C@H](C)[C@H](N)c1nc(N2CCOCC2)no1. The molecule has 6 heteroatoms. The van der Waals surface area contributed by atoms with E-state index in [2.05, 4.69) is 28.9 Å². The first kappa shape index (κ1) is 12.3. The average molecular weight is 240 g/mol. The first-order valence-corrected chi connectivity index (χ1v) is 6.14. The van der Waals surface area contributed by atoms with Crippen molar-refractivity contribution in [3.8, 4) is 0 Å². The van der Waals surface area contributed by atoms with Crippen LogP contribution in [0.3, 0.4) is 0 Å². The number of rotatable bonds is 4. The third-order valence-corrected chi connectivity index (χ3v) is 3.27. The van der Waals surface area contributed by atoms with E-state index in [0.29, 0.717) is 31.0 Å². The molecular weight excluding hydrogens is 220 g/mol. The monoisotopic (exact) mass is 240 g/mol. The highest BCUT2D eigenvalue weighted by molar-refractivity contribution is 5.28. The van der Waals surface area contributed by atoms with Gasteiger partial charge in [-0.1, -0.05) is 20.3 Å². The van der Waals surface area contributed by atoms with Crippen molar-refractivity contribution in [3.63, 3.8) is 0 Å². The first-order chi connectivity index (χ1) is 8.22. The minimum absolute atomic E-state index is 0.178. The Labute approximate surface area is 101 Å². The van der Waals surface area contributed by atoms with Gasteiger partial charge in [0, 0.05) is 13.1 Å². The van der Waals surface area contributed by atoms with Crippen LogP contribution in [0.1, 0.15) is 32.2 Å². The number of anilines is 1. The van der Waals surface area contributed by atoms with E-state index >= 15 is 0 Å². The summed E-state index contributed by atoms with van der Waals surface area (Å²) in [7, 11) is 0. The van der Waals surface area contributed by atoms with Crippen LogP contribution in [0.15, 0.2) is 4.52 Å². The molecule has 0 bridgehead atoms. The highest BCUT2D eigenvalue weighted by Gasteiger charge is 2.22. The first-order valence-electron chi connectivity index (χ1n) is 6.14. The summed E-state index contributed by atoms with van der Waals surface area (Å²) in [4.78, 5) is 6.43. The fraction of sp³-hybridized carbons (Fsp3) is 0.818. The molecule has 2 atom stereocenters. The third-order valence-electron chi connectivity index (χ3n) is 3.27. The zero-order chi connectivity index (χ0) is 12.3.